The largest absolute Gasteiger partial charge is 0.360 e. The maximum absolute atomic E-state index is 13.5. The van der Waals surface area contributed by atoms with E-state index >= 15 is 0 Å². The smallest absolute Gasteiger partial charge is 0.292 e. The Kier molecular flexibility index (Phi) is 5.08. The number of carbonyl (C=O) groups excluding carboxylic acids is 2. The van der Waals surface area contributed by atoms with Crippen LogP contribution >= 0.6 is 11.6 Å². The molecule has 7 heteroatoms. The fourth-order valence-electron chi connectivity index (χ4n) is 4.14. The molecule has 28 heavy (non-hydrogen) atoms. The molecule has 2 heterocycles. The number of piperazine rings is 1. The molecule has 2 aromatic rings. The second-order valence-electron chi connectivity index (χ2n) is 7.38. The van der Waals surface area contributed by atoms with Gasteiger partial charge in [-0.15, -0.1) is 0 Å². The van der Waals surface area contributed by atoms with Crippen molar-refractivity contribution in [3.8, 4) is 0 Å². The number of anilines is 2. The highest BCUT2D eigenvalue weighted by molar-refractivity contribution is 6.30. The summed E-state index contributed by atoms with van der Waals surface area (Å²) in [7, 11) is 0. The van der Waals surface area contributed by atoms with Crippen LogP contribution in [0.5, 0.6) is 0 Å². The number of rotatable bonds is 3. The van der Waals surface area contributed by atoms with Crippen molar-refractivity contribution in [1.29, 1.82) is 0 Å². The summed E-state index contributed by atoms with van der Waals surface area (Å²) >= 11 is 6.14. The third-order valence-electron chi connectivity index (χ3n) is 5.62. The number of nitrogens with one attached hydrogen (secondary N) is 1. The molecule has 146 valence electrons. The van der Waals surface area contributed by atoms with E-state index in [2.05, 4.69) is 11.8 Å². The molecule has 2 amide bonds. The first-order valence-corrected chi connectivity index (χ1v) is 9.80. The Bertz CT molecular complexity index is 928. The molecule has 2 aliphatic rings. The van der Waals surface area contributed by atoms with Gasteiger partial charge in [-0.1, -0.05) is 23.7 Å². The van der Waals surface area contributed by atoms with Gasteiger partial charge in [-0.3, -0.25) is 9.59 Å². The van der Waals surface area contributed by atoms with E-state index < -0.39 is 11.9 Å². The van der Waals surface area contributed by atoms with Crippen molar-refractivity contribution in [2.45, 2.75) is 19.4 Å². The fraction of sp³-hybridized carbons (Fsp3) is 0.333. The molecule has 4 rings (SSSR count). The second-order valence-corrected chi connectivity index (χ2v) is 7.82. The van der Waals surface area contributed by atoms with Gasteiger partial charge >= 0.3 is 0 Å². The number of aryl methyl sites for hydroxylation is 1. The van der Waals surface area contributed by atoms with Crippen LogP contribution in [0.1, 0.15) is 12.0 Å². The molecule has 2 fully saturated rings. The molecule has 0 radical (unpaired) electrons. The lowest BCUT2D eigenvalue weighted by molar-refractivity contribution is -0.915. The van der Waals surface area contributed by atoms with E-state index in [0.717, 1.165) is 47.2 Å². The Labute approximate surface area is 168 Å². The zero-order valence-corrected chi connectivity index (χ0v) is 16.4. The molecule has 0 spiro atoms. The van der Waals surface area contributed by atoms with Gasteiger partial charge < -0.3 is 9.80 Å². The average Bonchev–Trinajstić information content (AvgIpc) is 2.98. The van der Waals surface area contributed by atoms with Crippen LogP contribution in [0.25, 0.3) is 0 Å². The number of carbonyl (C=O) groups is 2. The summed E-state index contributed by atoms with van der Waals surface area (Å²) in [5.41, 5.74) is 2.59. The minimum Gasteiger partial charge on any atom is -0.360 e. The van der Waals surface area contributed by atoms with Gasteiger partial charge in [0.2, 0.25) is 5.91 Å². The number of halogens is 2. The Hall–Kier alpha value is -2.44. The van der Waals surface area contributed by atoms with Gasteiger partial charge in [0, 0.05) is 10.7 Å². The minimum absolute atomic E-state index is 0.168. The van der Waals surface area contributed by atoms with Crippen LogP contribution in [0, 0.1) is 12.7 Å². The Morgan fingerprint density at radius 2 is 1.86 bits per heavy atom. The molecule has 2 aromatic carbocycles. The van der Waals surface area contributed by atoms with E-state index in [-0.39, 0.29) is 18.2 Å². The normalized spacial score (nSPS) is 20.9. The molecule has 5 nitrogen and oxygen atoms in total. The minimum atomic E-state index is -0.459. The Balaban J connectivity index is 1.46. The summed E-state index contributed by atoms with van der Waals surface area (Å²) in [4.78, 5) is 29.9. The van der Waals surface area contributed by atoms with Crippen LogP contribution in [0.3, 0.4) is 0 Å². The topological polar surface area (TPSA) is 45.1 Å². The van der Waals surface area contributed by atoms with Gasteiger partial charge in [-0.25, -0.2) is 9.29 Å². The molecule has 0 unspecified atom stereocenters. The quantitative estimate of drug-likeness (QED) is 0.797. The molecule has 2 saturated heterocycles. The Morgan fingerprint density at radius 3 is 2.57 bits per heavy atom. The highest BCUT2D eigenvalue weighted by Gasteiger charge is 2.46. The second kappa shape index (κ2) is 7.53. The molecular weight excluding hydrogens is 381 g/mol. The molecule has 0 aliphatic carbocycles. The van der Waals surface area contributed by atoms with Gasteiger partial charge in [-0.05, 0) is 42.8 Å². The van der Waals surface area contributed by atoms with Crippen molar-refractivity contribution in [1.82, 2.24) is 0 Å². The van der Waals surface area contributed by atoms with Gasteiger partial charge in [0.1, 0.15) is 5.82 Å². The monoisotopic (exact) mass is 402 g/mol. The molecule has 1 N–H and O–H groups in total. The van der Waals surface area contributed by atoms with Gasteiger partial charge in [-0.2, -0.15) is 0 Å². The van der Waals surface area contributed by atoms with E-state index in [1.807, 2.05) is 18.2 Å². The van der Waals surface area contributed by atoms with Crippen LogP contribution in [-0.4, -0.2) is 44.0 Å². The van der Waals surface area contributed by atoms with Crippen molar-refractivity contribution >= 4 is 34.8 Å². The molecule has 2 aliphatic heterocycles. The van der Waals surface area contributed by atoms with Crippen LogP contribution in [0.4, 0.5) is 15.8 Å². The number of nitrogens with zero attached hydrogens (tertiary/aromatic N) is 2. The lowest BCUT2D eigenvalue weighted by Crippen LogP contribution is -3.19. The first-order chi connectivity index (χ1) is 13.4. The highest BCUT2D eigenvalue weighted by Crippen LogP contribution is 2.25. The zero-order chi connectivity index (χ0) is 19.8. The molecule has 0 aromatic heterocycles. The summed E-state index contributed by atoms with van der Waals surface area (Å²) in [5.74, 6) is -0.960. The highest BCUT2D eigenvalue weighted by atomic mass is 35.5. The van der Waals surface area contributed by atoms with Crippen molar-refractivity contribution in [2.75, 3.05) is 36.0 Å². The van der Waals surface area contributed by atoms with E-state index in [4.69, 9.17) is 11.6 Å². The first-order valence-electron chi connectivity index (χ1n) is 9.42. The molecular formula is C21H22ClFN3O2+. The predicted molar refractivity (Wildman–Crippen MR) is 106 cm³/mol. The van der Waals surface area contributed by atoms with Gasteiger partial charge in [0.25, 0.3) is 5.91 Å². The van der Waals surface area contributed by atoms with Crippen LogP contribution < -0.4 is 14.7 Å². The third-order valence-corrected chi connectivity index (χ3v) is 5.86. The van der Waals surface area contributed by atoms with Crippen LogP contribution in [0.2, 0.25) is 5.02 Å². The standard InChI is InChI=1S/C21H21ClFN3O2/c1-14-5-6-15(22)11-18(14)24-7-9-25(10-8-24)19-13-20(27)26(21(19)28)17-4-2-3-16(23)12-17/h2-6,11-12,19H,7-10,13H2,1H3/p+1/t19-/m1/s1. The summed E-state index contributed by atoms with van der Waals surface area (Å²) < 4.78 is 13.5. The predicted octanol–water partition coefficient (Wildman–Crippen LogP) is 1.82. The number of amides is 2. The molecule has 0 bridgehead atoms. The number of hydrogen-bond donors (Lipinski definition) is 1. The first kappa shape index (κ1) is 18.9. The SMILES string of the molecule is Cc1ccc(Cl)cc1N1CC[NH+]([C@@H]2CC(=O)N(c3cccc(F)c3)C2=O)CC1. The lowest BCUT2D eigenvalue weighted by atomic mass is 10.1. The number of imide groups is 1. The average molecular weight is 403 g/mol. The van der Waals surface area contributed by atoms with Crippen molar-refractivity contribution < 1.29 is 18.9 Å². The third kappa shape index (κ3) is 3.50. The van der Waals surface area contributed by atoms with E-state index in [1.54, 1.807) is 6.07 Å². The van der Waals surface area contributed by atoms with Crippen molar-refractivity contribution in [3.05, 3.63) is 58.9 Å². The van der Waals surface area contributed by atoms with E-state index in [0.29, 0.717) is 10.7 Å². The van der Waals surface area contributed by atoms with Gasteiger partial charge in [0.05, 0.1) is 38.3 Å². The maximum Gasteiger partial charge on any atom is 0.292 e. The van der Waals surface area contributed by atoms with Crippen LogP contribution in [0.15, 0.2) is 42.5 Å². The summed E-state index contributed by atoms with van der Waals surface area (Å²) in [6.45, 7) is 5.14. The summed E-state index contributed by atoms with van der Waals surface area (Å²) in [6.07, 6.45) is 0.168. The van der Waals surface area contributed by atoms with Crippen molar-refractivity contribution in [2.24, 2.45) is 0 Å². The van der Waals surface area contributed by atoms with Crippen LogP contribution in [-0.2, 0) is 9.59 Å². The number of quaternary nitrogens is 1. The van der Waals surface area contributed by atoms with Gasteiger partial charge in [0.15, 0.2) is 6.04 Å². The number of hydrogen-bond acceptors (Lipinski definition) is 3. The van der Waals surface area contributed by atoms with Crippen molar-refractivity contribution in [3.63, 3.8) is 0 Å². The number of benzene rings is 2. The molecule has 0 saturated carbocycles. The molecule has 1 atom stereocenters. The maximum atomic E-state index is 13.5. The fourth-order valence-corrected chi connectivity index (χ4v) is 4.31. The zero-order valence-electron chi connectivity index (χ0n) is 15.6. The summed E-state index contributed by atoms with van der Waals surface area (Å²) in [5, 5.41) is 0.706. The van der Waals surface area contributed by atoms with E-state index in [9.17, 15) is 14.0 Å². The Morgan fingerprint density at radius 1 is 1.11 bits per heavy atom. The summed E-state index contributed by atoms with van der Waals surface area (Å²) in [6, 6.07) is 11.1. The van der Waals surface area contributed by atoms with E-state index in [1.165, 1.54) is 18.2 Å². The lowest BCUT2D eigenvalue weighted by Gasteiger charge is -2.36.